The minimum atomic E-state index is -0.00458. The van der Waals surface area contributed by atoms with Crippen molar-refractivity contribution in [1.82, 2.24) is 25.4 Å². The monoisotopic (exact) mass is 466 g/mol. The van der Waals surface area contributed by atoms with Crippen molar-refractivity contribution in [1.29, 1.82) is 0 Å². The molecule has 0 spiro atoms. The summed E-state index contributed by atoms with van der Waals surface area (Å²) < 4.78 is 0. The van der Waals surface area contributed by atoms with E-state index in [-0.39, 0.29) is 12.1 Å². The molecule has 0 saturated heterocycles. The van der Waals surface area contributed by atoms with Gasteiger partial charge in [-0.2, -0.15) is 5.10 Å². The minimum absolute atomic E-state index is 0.00458. The van der Waals surface area contributed by atoms with E-state index in [9.17, 15) is 4.79 Å². The summed E-state index contributed by atoms with van der Waals surface area (Å²) >= 11 is 0. The molecule has 3 heterocycles. The van der Waals surface area contributed by atoms with Crippen molar-refractivity contribution < 1.29 is 4.79 Å². The van der Waals surface area contributed by atoms with Crippen LogP contribution in [0.3, 0.4) is 0 Å². The van der Waals surface area contributed by atoms with Gasteiger partial charge in [0, 0.05) is 53.7 Å². The third-order valence-corrected chi connectivity index (χ3v) is 7.32. The number of carbonyl (C=O) groups is 1. The van der Waals surface area contributed by atoms with Crippen LogP contribution in [0.25, 0.3) is 22.2 Å². The first kappa shape index (κ1) is 21.8. The van der Waals surface area contributed by atoms with Crippen molar-refractivity contribution in [3.05, 3.63) is 77.6 Å². The number of fused-ring (bicyclic) bond motifs is 2. The zero-order chi connectivity index (χ0) is 23.8. The van der Waals surface area contributed by atoms with Gasteiger partial charge in [0.2, 0.25) is 0 Å². The van der Waals surface area contributed by atoms with Gasteiger partial charge in [0.05, 0.1) is 5.52 Å². The highest BCUT2D eigenvalue weighted by Gasteiger charge is 2.33. The fraction of sp³-hybridized carbons (Fsp3) is 0.321. The fourth-order valence-electron chi connectivity index (χ4n) is 5.50. The summed E-state index contributed by atoms with van der Waals surface area (Å²) in [5, 5.41) is 15.6. The number of aryl methyl sites for hydroxylation is 1. The number of carbonyl (C=O) groups excluding carboxylic acids is 1. The van der Waals surface area contributed by atoms with Gasteiger partial charge in [0.15, 0.2) is 0 Å². The molecule has 7 heteroatoms. The molecule has 1 fully saturated rings. The summed E-state index contributed by atoms with van der Waals surface area (Å²) in [6.07, 6.45) is 6.11. The first-order valence-corrected chi connectivity index (χ1v) is 12.4. The number of aromatic amines is 1. The molecule has 0 unspecified atom stereocenters. The highest BCUT2D eigenvalue weighted by molar-refractivity contribution is 6.00. The molecule has 2 atom stereocenters. The van der Waals surface area contributed by atoms with Gasteiger partial charge in [0.1, 0.15) is 5.69 Å². The molecule has 178 valence electrons. The van der Waals surface area contributed by atoms with Crippen LogP contribution in [0.15, 0.2) is 60.8 Å². The zero-order valence-corrected chi connectivity index (χ0v) is 19.9. The molecule has 35 heavy (non-hydrogen) atoms. The number of urea groups is 1. The van der Waals surface area contributed by atoms with Gasteiger partial charge in [-0.3, -0.25) is 10.1 Å². The van der Waals surface area contributed by atoms with Crippen LogP contribution in [0, 0.1) is 6.92 Å². The quantitative estimate of drug-likeness (QED) is 0.369. The second-order valence-corrected chi connectivity index (χ2v) is 9.75. The molecule has 6 rings (SSSR count). The van der Waals surface area contributed by atoms with Gasteiger partial charge in [-0.15, -0.1) is 0 Å². The molecule has 2 amide bonds. The Morgan fingerprint density at radius 1 is 1.11 bits per heavy atom. The first-order valence-electron chi connectivity index (χ1n) is 12.4. The van der Waals surface area contributed by atoms with E-state index in [1.165, 1.54) is 5.56 Å². The van der Waals surface area contributed by atoms with Crippen molar-refractivity contribution in [2.75, 3.05) is 5.32 Å². The number of rotatable bonds is 5. The Bertz CT molecular complexity index is 1360. The molecule has 2 aromatic heterocycles. The molecule has 0 radical (unpaired) electrons. The molecule has 3 N–H and O–H groups in total. The number of aromatic nitrogens is 3. The lowest BCUT2D eigenvalue weighted by molar-refractivity contribution is 0.148. The predicted molar refractivity (Wildman–Crippen MR) is 138 cm³/mol. The maximum absolute atomic E-state index is 13.1. The van der Waals surface area contributed by atoms with Crippen molar-refractivity contribution in [3.8, 4) is 11.3 Å². The van der Waals surface area contributed by atoms with Gasteiger partial charge in [-0.25, -0.2) is 4.79 Å². The van der Waals surface area contributed by atoms with Gasteiger partial charge >= 0.3 is 6.03 Å². The second kappa shape index (κ2) is 9.15. The summed E-state index contributed by atoms with van der Waals surface area (Å²) in [6, 6.07) is 19.4. The third-order valence-electron chi connectivity index (χ3n) is 7.32. The number of amides is 2. The summed E-state index contributed by atoms with van der Waals surface area (Å²) in [6.45, 7) is 3.47. The number of anilines is 1. The molecule has 1 saturated carbocycles. The van der Waals surface area contributed by atoms with Crippen molar-refractivity contribution in [3.63, 3.8) is 0 Å². The third kappa shape index (κ3) is 4.39. The van der Waals surface area contributed by atoms with Crippen LogP contribution >= 0.6 is 0 Å². The van der Waals surface area contributed by atoms with Crippen molar-refractivity contribution in [2.24, 2.45) is 0 Å². The Labute approximate surface area is 205 Å². The van der Waals surface area contributed by atoms with Crippen LogP contribution in [-0.2, 0) is 13.1 Å². The number of hydrogen-bond donors (Lipinski definition) is 3. The van der Waals surface area contributed by atoms with E-state index in [1.807, 2.05) is 42.3 Å². The molecule has 2 aromatic carbocycles. The SMILES string of the molecule is Cc1cc(-c2n[nH]c3cc4c(cc23)CN([C@H]2CCC[C@H](NCc3ccccc3)C2)C(=O)N4)ccn1. The van der Waals surface area contributed by atoms with E-state index in [0.29, 0.717) is 12.6 Å². The highest BCUT2D eigenvalue weighted by atomic mass is 16.2. The topological polar surface area (TPSA) is 85.9 Å². The molecular weight excluding hydrogens is 436 g/mol. The molecule has 4 aromatic rings. The van der Waals surface area contributed by atoms with E-state index in [0.717, 1.165) is 71.3 Å². The molecule has 0 bridgehead atoms. The fourth-order valence-corrected chi connectivity index (χ4v) is 5.50. The standard InChI is InChI=1S/C28H30N6O/c1-18-12-20(10-11-29-18)27-24-13-21-17-34(28(35)31-25(21)15-26(24)32-33-27)23-9-5-8-22(14-23)30-16-19-6-3-2-4-7-19/h2-4,6-7,10-13,15,22-23,30H,5,8-9,14,16-17H2,1H3,(H,31,35)(H,32,33)/t22-,23-/m0/s1. The van der Waals surface area contributed by atoms with Crippen LogP contribution in [0.2, 0.25) is 0 Å². The van der Waals surface area contributed by atoms with E-state index in [2.05, 4.69) is 56.1 Å². The summed E-state index contributed by atoms with van der Waals surface area (Å²) in [7, 11) is 0. The minimum Gasteiger partial charge on any atom is -0.317 e. The van der Waals surface area contributed by atoms with E-state index in [4.69, 9.17) is 0 Å². The van der Waals surface area contributed by atoms with Crippen LogP contribution in [0.4, 0.5) is 10.5 Å². The number of H-pyrrole nitrogens is 1. The predicted octanol–water partition coefficient (Wildman–Crippen LogP) is 5.38. The highest BCUT2D eigenvalue weighted by Crippen LogP contribution is 2.35. The zero-order valence-electron chi connectivity index (χ0n) is 19.9. The van der Waals surface area contributed by atoms with E-state index >= 15 is 0 Å². The first-order chi connectivity index (χ1) is 17.1. The normalized spacial score (nSPS) is 20.0. The number of nitrogens with one attached hydrogen (secondary N) is 3. The molecule has 7 nitrogen and oxygen atoms in total. The molecule has 2 aliphatic rings. The van der Waals surface area contributed by atoms with Crippen molar-refractivity contribution in [2.45, 2.75) is 57.8 Å². The maximum Gasteiger partial charge on any atom is 0.322 e. The number of benzene rings is 2. The van der Waals surface area contributed by atoms with E-state index in [1.54, 1.807) is 0 Å². The van der Waals surface area contributed by atoms with Gasteiger partial charge in [-0.05, 0) is 68.0 Å². The summed E-state index contributed by atoms with van der Waals surface area (Å²) in [4.78, 5) is 19.4. The van der Waals surface area contributed by atoms with E-state index < -0.39 is 0 Å². The van der Waals surface area contributed by atoms with Gasteiger partial charge in [-0.1, -0.05) is 30.3 Å². The Kier molecular flexibility index (Phi) is 5.70. The Hall–Kier alpha value is -3.71. The summed E-state index contributed by atoms with van der Waals surface area (Å²) in [5.74, 6) is 0. The van der Waals surface area contributed by atoms with Crippen LogP contribution < -0.4 is 10.6 Å². The largest absolute Gasteiger partial charge is 0.322 e. The van der Waals surface area contributed by atoms with Crippen molar-refractivity contribution >= 4 is 22.6 Å². The molecule has 1 aliphatic heterocycles. The molecule has 1 aliphatic carbocycles. The van der Waals surface area contributed by atoms with Gasteiger partial charge in [0.25, 0.3) is 0 Å². The average Bonchev–Trinajstić information content (AvgIpc) is 3.29. The van der Waals surface area contributed by atoms with Crippen LogP contribution in [0.5, 0.6) is 0 Å². The smallest absolute Gasteiger partial charge is 0.317 e. The average molecular weight is 467 g/mol. The molecular formula is C28H30N6O. The second-order valence-electron chi connectivity index (χ2n) is 9.75. The Morgan fingerprint density at radius 2 is 2.00 bits per heavy atom. The lowest BCUT2D eigenvalue weighted by atomic mass is 9.89. The number of hydrogen-bond acceptors (Lipinski definition) is 4. The van der Waals surface area contributed by atoms with Crippen LogP contribution in [-0.4, -0.2) is 38.2 Å². The van der Waals surface area contributed by atoms with Crippen LogP contribution in [0.1, 0.15) is 42.5 Å². The number of nitrogens with zero attached hydrogens (tertiary/aromatic N) is 3. The maximum atomic E-state index is 13.1. The Balaban J connectivity index is 1.21. The Morgan fingerprint density at radius 3 is 2.86 bits per heavy atom. The lowest BCUT2D eigenvalue weighted by Crippen LogP contribution is -2.49. The van der Waals surface area contributed by atoms with Gasteiger partial charge < -0.3 is 15.5 Å². The number of pyridine rings is 1. The lowest BCUT2D eigenvalue weighted by Gasteiger charge is -2.40. The summed E-state index contributed by atoms with van der Waals surface area (Å²) in [5.41, 5.74) is 7.13.